The van der Waals surface area contributed by atoms with Crippen molar-refractivity contribution in [1.82, 2.24) is 0 Å². The molecule has 0 aromatic heterocycles. The van der Waals surface area contributed by atoms with Crippen LogP contribution >= 0.6 is 0 Å². The van der Waals surface area contributed by atoms with Gasteiger partial charge in [0.15, 0.2) is 0 Å². The first-order chi connectivity index (χ1) is 12.1. The van der Waals surface area contributed by atoms with Crippen molar-refractivity contribution >= 4 is 11.9 Å². The second-order valence-corrected chi connectivity index (χ2v) is 5.39. The number of hydrogen-bond acceptors (Lipinski definition) is 4. The number of esters is 1. The van der Waals surface area contributed by atoms with Gasteiger partial charge in [-0.3, -0.25) is 4.79 Å². The SMILES string of the molecule is C=CC(=O)OCCCCOc1ccc(-c2ccc(C(N)=O)cc2)cc1. The Morgan fingerprint density at radius 1 is 0.920 bits per heavy atom. The highest BCUT2D eigenvalue weighted by molar-refractivity contribution is 5.93. The first kappa shape index (κ1) is 18.3. The average Bonchev–Trinajstić information content (AvgIpc) is 2.65. The number of carbonyl (C=O) groups is 2. The van der Waals surface area contributed by atoms with Gasteiger partial charge in [0.25, 0.3) is 0 Å². The van der Waals surface area contributed by atoms with Gasteiger partial charge in [0.1, 0.15) is 5.75 Å². The van der Waals surface area contributed by atoms with Crippen LogP contribution in [0.3, 0.4) is 0 Å². The summed E-state index contributed by atoms with van der Waals surface area (Å²) in [4.78, 5) is 22.0. The van der Waals surface area contributed by atoms with Crippen molar-refractivity contribution in [1.29, 1.82) is 0 Å². The van der Waals surface area contributed by atoms with E-state index in [1.807, 2.05) is 36.4 Å². The summed E-state index contributed by atoms with van der Waals surface area (Å²) >= 11 is 0. The van der Waals surface area contributed by atoms with Crippen molar-refractivity contribution in [3.05, 3.63) is 66.7 Å². The zero-order chi connectivity index (χ0) is 18.1. The quantitative estimate of drug-likeness (QED) is 0.432. The molecule has 25 heavy (non-hydrogen) atoms. The number of ether oxygens (including phenoxy) is 2. The summed E-state index contributed by atoms with van der Waals surface area (Å²) in [5, 5.41) is 0. The van der Waals surface area contributed by atoms with Gasteiger partial charge in [-0.2, -0.15) is 0 Å². The molecule has 0 aliphatic carbocycles. The van der Waals surface area contributed by atoms with Gasteiger partial charge < -0.3 is 15.2 Å². The lowest BCUT2D eigenvalue weighted by Crippen LogP contribution is -2.10. The minimum Gasteiger partial charge on any atom is -0.494 e. The van der Waals surface area contributed by atoms with Crippen LogP contribution in [0.5, 0.6) is 5.75 Å². The average molecular weight is 339 g/mol. The van der Waals surface area contributed by atoms with E-state index < -0.39 is 11.9 Å². The maximum absolute atomic E-state index is 11.1. The molecule has 2 aromatic rings. The van der Waals surface area contributed by atoms with Crippen LogP contribution in [-0.4, -0.2) is 25.1 Å². The van der Waals surface area contributed by atoms with Crippen molar-refractivity contribution in [3.8, 4) is 16.9 Å². The summed E-state index contributed by atoms with van der Waals surface area (Å²) in [6.45, 7) is 4.26. The maximum atomic E-state index is 11.1. The fourth-order valence-corrected chi connectivity index (χ4v) is 2.20. The number of benzene rings is 2. The number of primary amides is 1. The summed E-state index contributed by atoms with van der Waals surface area (Å²) < 4.78 is 10.5. The molecule has 5 heteroatoms. The minimum absolute atomic E-state index is 0.369. The third-order valence-electron chi connectivity index (χ3n) is 3.58. The molecular weight excluding hydrogens is 318 g/mol. The molecule has 0 spiro atoms. The van der Waals surface area contributed by atoms with E-state index in [0.29, 0.717) is 18.8 Å². The number of amides is 1. The maximum Gasteiger partial charge on any atom is 0.330 e. The van der Waals surface area contributed by atoms with Gasteiger partial charge in [-0.15, -0.1) is 0 Å². The monoisotopic (exact) mass is 339 g/mol. The molecule has 0 atom stereocenters. The molecule has 2 rings (SSSR count). The molecule has 2 N–H and O–H groups in total. The van der Waals surface area contributed by atoms with Gasteiger partial charge in [0.05, 0.1) is 13.2 Å². The number of nitrogens with two attached hydrogens (primary N) is 1. The summed E-state index contributed by atoms with van der Waals surface area (Å²) in [7, 11) is 0. The zero-order valence-corrected chi connectivity index (χ0v) is 13.9. The molecule has 0 aliphatic rings. The molecule has 0 aliphatic heterocycles. The predicted molar refractivity (Wildman–Crippen MR) is 96.3 cm³/mol. The van der Waals surface area contributed by atoms with E-state index in [-0.39, 0.29) is 0 Å². The topological polar surface area (TPSA) is 78.6 Å². The van der Waals surface area contributed by atoms with E-state index >= 15 is 0 Å². The molecule has 0 saturated carbocycles. The van der Waals surface area contributed by atoms with Crippen molar-refractivity contribution in [3.63, 3.8) is 0 Å². The lowest BCUT2D eigenvalue weighted by molar-refractivity contribution is -0.137. The van der Waals surface area contributed by atoms with Crippen LogP contribution in [0.2, 0.25) is 0 Å². The third-order valence-corrected chi connectivity index (χ3v) is 3.58. The van der Waals surface area contributed by atoms with Gasteiger partial charge in [0.2, 0.25) is 5.91 Å². The second-order valence-electron chi connectivity index (χ2n) is 5.39. The van der Waals surface area contributed by atoms with Crippen molar-refractivity contribution < 1.29 is 19.1 Å². The van der Waals surface area contributed by atoms with Gasteiger partial charge in [-0.1, -0.05) is 30.8 Å². The normalized spacial score (nSPS) is 10.1. The first-order valence-electron chi connectivity index (χ1n) is 8.02. The molecule has 0 radical (unpaired) electrons. The molecule has 2 aromatic carbocycles. The Bertz CT molecular complexity index is 720. The molecule has 130 valence electrons. The molecule has 0 unspecified atom stereocenters. The van der Waals surface area contributed by atoms with E-state index in [4.69, 9.17) is 15.2 Å². The highest BCUT2D eigenvalue weighted by atomic mass is 16.5. The molecule has 5 nitrogen and oxygen atoms in total. The Balaban J connectivity index is 1.78. The summed E-state index contributed by atoms with van der Waals surface area (Å²) in [5.41, 5.74) is 7.75. The zero-order valence-electron chi connectivity index (χ0n) is 13.9. The Labute approximate surface area is 147 Å². The summed E-state index contributed by atoms with van der Waals surface area (Å²) in [6, 6.07) is 14.9. The fourth-order valence-electron chi connectivity index (χ4n) is 2.20. The van der Waals surface area contributed by atoms with Gasteiger partial charge in [0, 0.05) is 11.6 Å². The highest BCUT2D eigenvalue weighted by Gasteiger charge is 2.02. The Morgan fingerprint density at radius 2 is 1.48 bits per heavy atom. The van der Waals surface area contributed by atoms with Crippen LogP contribution in [0.15, 0.2) is 61.2 Å². The highest BCUT2D eigenvalue weighted by Crippen LogP contribution is 2.23. The van der Waals surface area contributed by atoms with Crippen LogP contribution in [0, 0.1) is 0 Å². The van der Waals surface area contributed by atoms with Crippen molar-refractivity contribution in [2.45, 2.75) is 12.8 Å². The number of carbonyl (C=O) groups excluding carboxylic acids is 2. The van der Waals surface area contributed by atoms with Gasteiger partial charge in [-0.05, 0) is 48.2 Å². The molecule has 0 heterocycles. The second kappa shape index (κ2) is 9.27. The Hall–Kier alpha value is -3.08. The predicted octanol–water partition coefficient (Wildman–Crippen LogP) is 3.34. The van der Waals surface area contributed by atoms with E-state index in [1.54, 1.807) is 12.1 Å². The largest absolute Gasteiger partial charge is 0.494 e. The van der Waals surface area contributed by atoms with Gasteiger partial charge >= 0.3 is 5.97 Å². The minimum atomic E-state index is -0.436. The molecule has 0 bridgehead atoms. The van der Waals surface area contributed by atoms with E-state index in [1.165, 1.54) is 0 Å². The lowest BCUT2D eigenvalue weighted by atomic mass is 10.0. The van der Waals surface area contributed by atoms with Crippen LogP contribution in [0.4, 0.5) is 0 Å². The summed E-state index contributed by atoms with van der Waals surface area (Å²) in [6.07, 6.45) is 2.68. The Morgan fingerprint density at radius 3 is 2.04 bits per heavy atom. The molecular formula is C20H21NO4. The third kappa shape index (κ3) is 5.80. The summed E-state index contributed by atoms with van der Waals surface area (Å²) in [5.74, 6) is -0.0597. The van der Waals surface area contributed by atoms with E-state index in [0.717, 1.165) is 35.8 Å². The van der Waals surface area contributed by atoms with Gasteiger partial charge in [-0.25, -0.2) is 4.79 Å². The van der Waals surface area contributed by atoms with Crippen LogP contribution < -0.4 is 10.5 Å². The Kier molecular flexibility index (Phi) is 6.77. The van der Waals surface area contributed by atoms with Crippen LogP contribution in [0.1, 0.15) is 23.2 Å². The number of unbranched alkanes of at least 4 members (excludes halogenated alkanes) is 1. The number of hydrogen-bond donors (Lipinski definition) is 1. The van der Waals surface area contributed by atoms with Crippen molar-refractivity contribution in [2.75, 3.05) is 13.2 Å². The molecule has 0 saturated heterocycles. The van der Waals surface area contributed by atoms with Crippen LogP contribution in [0.25, 0.3) is 11.1 Å². The van der Waals surface area contributed by atoms with Crippen molar-refractivity contribution in [2.24, 2.45) is 5.73 Å². The van der Waals surface area contributed by atoms with Crippen LogP contribution in [-0.2, 0) is 9.53 Å². The number of rotatable bonds is 9. The smallest absolute Gasteiger partial charge is 0.330 e. The lowest BCUT2D eigenvalue weighted by Gasteiger charge is -2.08. The molecule has 1 amide bonds. The molecule has 0 fully saturated rings. The standard InChI is InChI=1S/C20H21NO4/c1-2-19(22)25-14-4-3-13-24-18-11-9-16(10-12-18)15-5-7-17(8-6-15)20(21)23/h2,5-12H,1,3-4,13-14H2,(H2,21,23). The fraction of sp³-hybridized carbons (Fsp3) is 0.200. The van der Waals surface area contributed by atoms with E-state index in [2.05, 4.69) is 6.58 Å². The van der Waals surface area contributed by atoms with E-state index in [9.17, 15) is 9.59 Å². The first-order valence-corrected chi connectivity index (χ1v) is 8.02.